The highest BCUT2D eigenvalue weighted by molar-refractivity contribution is 7.89. The Labute approximate surface area is 154 Å². The number of ether oxygens (including phenoxy) is 1. The van der Waals surface area contributed by atoms with E-state index in [1.54, 1.807) is 0 Å². The highest BCUT2D eigenvalue weighted by Gasteiger charge is 2.31. The number of hydrogen-bond donors (Lipinski definition) is 0. The summed E-state index contributed by atoms with van der Waals surface area (Å²) < 4.78 is 45.9. The Kier molecular flexibility index (Phi) is 5.48. The van der Waals surface area contributed by atoms with Crippen molar-refractivity contribution in [3.05, 3.63) is 53.8 Å². The molecule has 2 aromatic rings. The first-order valence-electron chi connectivity index (χ1n) is 8.63. The fourth-order valence-electron chi connectivity index (χ4n) is 3.12. The predicted octanol–water partition coefficient (Wildman–Crippen LogP) is 2.91. The van der Waals surface area contributed by atoms with E-state index in [-0.39, 0.29) is 10.6 Å². The maximum atomic E-state index is 13.6. The monoisotopic (exact) mass is 378 g/mol. The second-order valence-electron chi connectivity index (χ2n) is 6.21. The average molecular weight is 378 g/mol. The normalized spacial score (nSPS) is 15.9. The van der Waals surface area contributed by atoms with E-state index in [0.29, 0.717) is 26.2 Å². The number of piperazine rings is 1. The molecule has 0 unspecified atom stereocenters. The fourth-order valence-corrected chi connectivity index (χ4v) is 4.71. The van der Waals surface area contributed by atoms with Crippen LogP contribution in [0.15, 0.2) is 47.4 Å². The standard InChI is InChI=1S/C19H23FN2O3S/c1-3-15-4-7-17(8-5-15)21-10-12-22(13-11-21)26(23,24)19-14-16(20)6-9-18(19)25-2/h4-9,14H,3,10-13H2,1-2H3. The molecule has 26 heavy (non-hydrogen) atoms. The van der Waals surface area contributed by atoms with E-state index in [1.807, 2.05) is 0 Å². The first-order valence-corrected chi connectivity index (χ1v) is 10.1. The first-order chi connectivity index (χ1) is 12.5. The molecular formula is C19H23FN2O3S. The van der Waals surface area contributed by atoms with Crippen molar-refractivity contribution in [2.45, 2.75) is 18.2 Å². The Bertz CT molecular complexity index is 861. The van der Waals surface area contributed by atoms with Gasteiger partial charge in [0, 0.05) is 31.9 Å². The summed E-state index contributed by atoms with van der Waals surface area (Å²) in [5, 5.41) is 0. The number of rotatable bonds is 5. The molecule has 0 radical (unpaired) electrons. The van der Waals surface area contributed by atoms with Gasteiger partial charge in [-0.05, 0) is 42.3 Å². The van der Waals surface area contributed by atoms with E-state index in [1.165, 1.54) is 29.1 Å². The minimum atomic E-state index is -3.80. The molecule has 2 aromatic carbocycles. The number of halogens is 1. The van der Waals surface area contributed by atoms with Crippen LogP contribution in [0, 0.1) is 5.82 Å². The van der Waals surface area contributed by atoms with Crippen molar-refractivity contribution in [3.8, 4) is 5.75 Å². The summed E-state index contributed by atoms with van der Waals surface area (Å²) in [6.07, 6.45) is 0.988. The molecule has 0 bridgehead atoms. The van der Waals surface area contributed by atoms with E-state index in [0.717, 1.165) is 18.2 Å². The van der Waals surface area contributed by atoms with Gasteiger partial charge in [-0.3, -0.25) is 0 Å². The molecule has 0 saturated carbocycles. The quantitative estimate of drug-likeness (QED) is 0.803. The molecule has 1 aliphatic heterocycles. The predicted molar refractivity (Wildman–Crippen MR) is 99.7 cm³/mol. The molecule has 7 heteroatoms. The first kappa shape index (κ1) is 18.7. The van der Waals surface area contributed by atoms with Crippen LogP contribution in [-0.2, 0) is 16.4 Å². The molecule has 1 fully saturated rings. The number of sulfonamides is 1. The fraction of sp³-hybridized carbons (Fsp3) is 0.368. The van der Waals surface area contributed by atoms with Gasteiger partial charge in [0.05, 0.1) is 7.11 Å². The molecular weight excluding hydrogens is 355 g/mol. The van der Waals surface area contributed by atoms with Crippen LogP contribution in [0.5, 0.6) is 5.75 Å². The molecule has 0 amide bonds. The molecule has 5 nitrogen and oxygen atoms in total. The lowest BCUT2D eigenvalue weighted by atomic mass is 10.1. The van der Waals surface area contributed by atoms with Crippen LogP contribution in [-0.4, -0.2) is 46.0 Å². The van der Waals surface area contributed by atoms with Gasteiger partial charge in [-0.25, -0.2) is 12.8 Å². The van der Waals surface area contributed by atoms with E-state index >= 15 is 0 Å². The molecule has 0 aliphatic carbocycles. The second-order valence-corrected chi connectivity index (χ2v) is 8.11. The Balaban J connectivity index is 1.75. The lowest BCUT2D eigenvalue weighted by molar-refractivity contribution is 0.373. The van der Waals surface area contributed by atoms with Crippen LogP contribution in [0.2, 0.25) is 0 Å². The molecule has 0 atom stereocenters. The third kappa shape index (κ3) is 3.68. The van der Waals surface area contributed by atoms with Gasteiger partial charge in [0.2, 0.25) is 10.0 Å². The Hall–Kier alpha value is -2.12. The minimum Gasteiger partial charge on any atom is -0.495 e. The molecule has 140 valence electrons. The second kappa shape index (κ2) is 7.63. The van der Waals surface area contributed by atoms with Crippen molar-refractivity contribution < 1.29 is 17.5 Å². The lowest BCUT2D eigenvalue weighted by Crippen LogP contribution is -2.48. The van der Waals surface area contributed by atoms with E-state index in [9.17, 15) is 12.8 Å². The lowest BCUT2D eigenvalue weighted by Gasteiger charge is -2.35. The summed E-state index contributed by atoms with van der Waals surface area (Å²) in [6, 6.07) is 11.9. The summed E-state index contributed by atoms with van der Waals surface area (Å²) >= 11 is 0. The summed E-state index contributed by atoms with van der Waals surface area (Å²) in [4.78, 5) is 2.04. The van der Waals surface area contributed by atoms with Gasteiger partial charge in [0.1, 0.15) is 16.5 Å². The van der Waals surface area contributed by atoms with Gasteiger partial charge in [-0.1, -0.05) is 19.1 Å². The van der Waals surface area contributed by atoms with Gasteiger partial charge in [0.25, 0.3) is 0 Å². The highest BCUT2D eigenvalue weighted by atomic mass is 32.2. The van der Waals surface area contributed by atoms with Crippen LogP contribution >= 0.6 is 0 Å². The summed E-state index contributed by atoms with van der Waals surface area (Å²) in [5.74, 6) is -0.442. The van der Waals surface area contributed by atoms with Crippen LogP contribution in [0.4, 0.5) is 10.1 Å². The topological polar surface area (TPSA) is 49.9 Å². The van der Waals surface area contributed by atoms with Crippen LogP contribution in [0.25, 0.3) is 0 Å². The average Bonchev–Trinajstić information content (AvgIpc) is 2.68. The summed E-state index contributed by atoms with van der Waals surface area (Å²) in [7, 11) is -2.42. The smallest absolute Gasteiger partial charge is 0.246 e. The number of benzene rings is 2. The third-order valence-electron chi connectivity index (χ3n) is 4.69. The van der Waals surface area contributed by atoms with Crippen molar-refractivity contribution in [1.29, 1.82) is 0 Å². The van der Waals surface area contributed by atoms with Gasteiger partial charge in [-0.15, -0.1) is 0 Å². The SMILES string of the molecule is CCc1ccc(N2CCN(S(=O)(=O)c3cc(F)ccc3OC)CC2)cc1. The summed E-state index contributed by atoms with van der Waals surface area (Å²) in [5.41, 5.74) is 2.36. The molecule has 3 rings (SSSR count). The number of anilines is 1. The Morgan fingerprint density at radius 3 is 2.27 bits per heavy atom. The van der Waals surface area contributed by atoms with E-state index in [2.05, 4.69) is 36.1 Å². The molecule has 0 spiro atoms. The largest absolute Gasteiger partial charge is 0.495 e. The highest BCUT2D eigenvalue weighted by Crippen LogP contribution is 2.28. The maximum absolute atomic E-state index is 13.6. The number of aryl methyl sites for hydroxylation is 1. The zero-order chi connectivity index (χ0) is 18.7. The van der Waals surface area contributed by atoms with Crippen LogP contribution in [0.3, 0.4) is 0 Å². The van der Waals surface area contributed by atoms with E-state index < -0.39 is 15.8 Å². The molecule has 1 aliphatic rings. The maximum Gasteiger partial charge on any atom is 0.246 e. The molecule has 1 heterocycles. The zero-order valence-corrected chi connectivity index (χ0v) is 15.8. The number of hydrogen-bond acceptors (Lipinski definition) is 4. The van der Waals surface area contributed by atoms with Crippen molar-refractivity contribution in [3.63, 3.8) is 0 Å². The van der Waals surface area contributed by atoms with Crippen molar-refractivity contribution in [2.24, 2.45) is 0 Å². The zero-order valence-electron chi connectivity index (χ0n) is 15.0. The van der Waals surface area contributed by atoms with Gasteiger partial charge in [0.15, 0.2) is 0 Å². The molecule has 0 aromatic heterocycles. The van der Waals surface area contributed by atoms with Crippen molar-refractivity contribution >= 4 is 15.7 Å². The van der Waals surface area contributed by atoms with Crippen molar-refractivity contribution in [1.82, 2.24) is 4.31 Å². The Morgan fingerprint density at radius 1 is 1.04 bits per heavy atom. The van der Waals surface area contributed by atoms with Gasteiger partial charge < -0.3 is 9.64 Å². The third-order valence-corrected chi connectivity index (χ3v) is 6.61. The molecule has 0 N–H and O–H groups in total. The number of methoxy groups -OCH3 is 1. The van der Waals surface area contributed by atoms with E-state index in [4.69, 9.17) is 4.74 Å². The molecule has 1 saturated heterocycles. The van der Waals surface area contributed by atoms with Crippen LogP contribution < -0.4 is 9.64 Å². The van der Waals surface area contributed by atoms with Gasteiger partial charge >= 0.3 is 0 Å². The van der Waals surface area contributed by atoms with Gasteiger partial charge in [-0.2, -0.15) is 4.31 Å². The van der Waals surface area contributed by atoms with Crippen molar-refractivity contribution in [2.75, 3.05) is 38.2 Å². The minimum absolute atomic E-state index is 0.124. The summed E-state index contributed by atoms with van der Waals surface area (Å²) in [6.45, 7) is 3.97. The van der Waals surface area contributed by atoms with Crippen LogP contribution in [0.1, 0.15) is 12.5 Å². The Morgan fingerprint density at radius 2 is 1.69 bits per heavy atom. The number of nitrogens with zero attached hydrogens (tertiary/aromatic N) is 2.